The lowest BCUT2D eigenvalue weighted by Crippen LogP contribution is -2.44. The minimum atomic E-state index is -4.07. The second kappa shape index (κ2) is 10.2. The zero-order valence-corrected chi connectivity index (χ0v) is 26.2. The van der Waals surface area contributed by atoms with Crippen molar-refractivity contribution in [1.29, 1.82) is 0 Å². The topological polar surface area (TPSA) is 96.6 Å². The van der Waals surface area contributed by atoms with E-state index in [4.69, 9.17) is 23.1 Å². The fourth-order valence-corrected chi connectivity index (χ4v) is 6.77. The maximum Gasteiger partial charge on any atom is 0.285 e. The van der Waals surface area contributed by atoms with E-state index in [0.29, 0.717) is 17.8 Å². The van der Waals surface area contributed by atoms with Gasteiger partial charge in [-0.3, -0.25) is 0 Å². The fraction of sp³-hybridized carbons (Fsp3) is 0.500. The Morgan fingerprint density at radius 3 is 2.33 bits per heavy atom. The summed E-state index contributed by atoms with van der Waals surface area (Å²) >= 11 is 0. The van der Waals surface area contributed by atoms with E-state index < -0.39 is 48.5 Å². The van der Waals surface area contributed by atoms with Crippen molar-refractivity contribution >= 4 is 29.3 Å². The summed E-state index contributed by atoms with van der Waals surface area (Å²) in [6.45, 7) is 16.9. The van der Waals surface area contributed by atoms with E-state index in [1.54, 1.807) is 30.3 Å². The molecule has 2 saturated heterocycles. The van der Waals surface area contributed by atoms with Crippen molar-refractivity contribution in [2.24, 2.45) is 4.40 Å². The summed E-state index contributed by atoms with van der Waals surface area (Å²) in [5.74, 6) is -0.841. The molecule has 0 N–H and O–H groups in total. The van der Waals surface area contributed by atoms with Crippen molar-refractivity contribution in [1.82, 2.24) is 0 Å². The van der Waals surface area contributed by atoms with Crippen LogP contribution in [0.5, 0.6) is 0 Å². The number of ether oxygens (including phenoxy) is 3. The van der Waals surface area contributed by atoms with Gasteiger partial charge in [-0.15, -0.1) is 4.40 Å². The van der Waals surface area contributed by atoms with E-state index in [1.165, 1.54) is 0 Å². The maximum absolute atomic E-state index is 13.4. The molecule has 1 aromatic heterocycles. The van der Waals surface area contributed by atoms with Crippen molar-refractivity contribution in [3.63, 3.8) is 0 Å². The Balaban J connectivity index is 1.59. The average molecular weight is 586 g/mol. The molecule has 0 bridgehead atoms. The number of rotatable bonds is 6. The van der Waals surface area contributed by atoms with Gasteiger partial charge in [0.1, 0.15) is 30.0 Å². The molecule has 0 radical (unpaired) electrons. The molecule has 0 unspecified atom stereocenters. The molecule has 2 fully saturated rings. The summed E-state index contributed by atoms with van der Waals surface area (Å²) in [5, 5.41) is 0.827. The summed E-state index contributed by atoms with van der Waals surface area (Å²) in [6, 6.07) is 15.8. The minimum absolute atomic E-state index is 0.0321. The molecule has 2 aliphatic heterocycles. The van der Waals surface area contributed by atoms with Crippen molar-refractivity contribution in [3.05, 3.63) is 71.3 Å². The Bertz CT molecular complexity index is 1570. The van der Waals surface area contributed by atoms with Crippen molar-refractivity contribution in [2.45, 2.75) is 94.8 Å². The van der Waals surface area contributed by atoms with Gasteiger partial charge in [-0.05, 0) is 63.2 Å². The van der Waals surface area contributed by atoms with Crippen LogP contribution >= 0.6 is 0 Å². The first kappa shape index (κ1) is 29.2. The lowest BCUT2D eigenvalue weighted by atomic mass is 10.0. The van der Waals surface area contributed by atoms with Crippen molar-refractivity contribution in [2.75, 3.05) is 6.61 Å². The van der Waals surface area contributed by atoms with E-state index >= 15 is 0 Å². The van der Waals surface area contributed by atoms with Gasteiger partial charge in [-0.1, -0.05) is 56.7 Å². The Morgan fingerprint density at radius 2 is 1.65 bits per heavy atom. The predicted molar refractivity (Wildman–Crippen MR) is 155 cm³/mol. The highest BCUT2D eigenvalue weighted by Crippen LogP contribution is 2.46. The number of hydrogen-bond acceptors (Lipinski definition) is 7. The first-order valence-electron chi connectivity index (χ1n) is 13.6. The highest BCUT2D eigenvalue weighted by Gasteiger charge is 2.56. The van der Waals surface area contributed by atoms with E-state index in [1.807, 2.05) is 45.0 Å². The largest absolute Gasteiger partial charge is 0.437 e. The Morgan fingerprint density at radius 1 is 1.00 bits per heavy atom. The number of hydrogen-bond donors (Lipinski definition) is 0. The predicted octanol–water partition coefficient (Wildman–Crippen LogP) is 6.01. The molecule has 2 aromatic carbocycles. The fourth-order valence-electron chi connectivity index (χ4n) is 4.81. The number of benzene rings is 2. The summed E-state index contributed by atoms with van der Waals surface area (Å²) in [7, 11) is -6.14. The Kier molecular flexibility index (Phi) is 7.42. The zero-order chi connectivity index (χ0) is 29.1. The molecule has 4 atom stereocenters. The molecule has 3 aromatic rings. The number of fused-ring (bicyclic) bond motifs is 2. The van der Waals surface area contributed by atoms with Crippen molar-refractivity contribution in [3.8, 4) is 0 Å². The molecule has 8 nitrogen and oxygen atoms in total. The van der Waals surface area contributed by atoms with Gasteiger partial charge in [0.2, 0.25) is 5.55 Å². The minimum Gasteiger partial charge on any atom is -0.437 e. The van der Waals surface area contributed by atoms with Crippen LogP contribution in [0.4, 0.5) is 0 Å². The van der Waals surface area contributed by atoms with E-state index in [-0.39, 0.29) is 15.5 Å². The van der Waals surface area contributed by atoms with Crippen LogP contribution in [0.15, 0.2) is 68.3 Å². The third-order valence-electron chi connectivity index (χ3n) is 8.08. The molecule has 0 amide bonds. The highest BCUT2D eigenvalue weighted by molar-refractivity contribution is 7.90. The third-order valence-corrected chi connectivity index (χ3v) is 13.9. The standard InChI is InChI=1S/C30H39NO7SSi/c1-19-13-15-21(16-14-19)39(32,33)31-28-22(17-20-11-9-10-12-23(20)36-28)25-27-26(37-30(5,6)38-27)24(35-25)18-34-40(7,8)29(2,3)4/h9-17,24-27H,18H2,1-8H3/b31-28+/t24-,25-,26-,27+/m1/s1. The van der Waals surface area contributed by atoms with Gasteiger partial charge in [0, 0.05) is 10.9 Å². The molecule has 40 heavy (non-hydrogen) atoms. The van der Waals surface area contributed by atoms with Gasteiger partial charge in [0.15, 0.2) is 14.1 Å². The molecular formula is C30H39NO7SSi. The van der Waals surface area contributed by atoms with Gasteiger partial charge in [-0.25, -0.2) is 0 Å². The van der Waals surface area contributed by atoms with Crippen LogP contribution in [0.3, 0.4) is 0 Å². The Labute approximate surface area is 237 Å². The van der Waals surface area contributed by atoms with Gasteiger partial charge in [-0.2, -0.15) is 8.42 Å². The second-order valence-electron chi connectivity index (χ2n) is 12.7. The second-order valence-corrected chi connectivity index (χ2v) is 19.1. The normalized spacial score (nSPS) is 25.4. The molecule has 0 spiro atoms. The number of sulfonamides is 1. The number of aryl methyl sites for hydroxylation is 1. The van der Waals surface area contributed by atoms with E-state index in [2.05, 4.69) is 38.3 Å². The summed E-state index contributed by atoms with van der Waals surface area (Å²) in [5.41, 5.74) is 1.91. The molecule has 2 aliphatic rings. The molecule has 10 heteroatoms. The summed E-state index contributed by atoms with van der Waals surface area (Å²) in [6.07, 6.45) is -2.01. The van der Waals surface area contributed by atoms with Gasteiger partial charge < -0.3 is 23.1 Å². The first-order chi connectivity index (χ1) is 18.6. The van der Waals surface area contributed by atoms with Crippen LogP contribution in [0.2, 0.25) is 18.1 Å². The van der Waals surface area contributed by atoms with E-state index in [0.717, 1.165) is 10.9 Å². The first-order valence-corrected chi connectivity index (χ1v) is 18.0. The SMILES string of the molecule is Cc1ccc(S(=O)(=O)/N=c2/oc3ccccc3cc2[C@H]2O[C@H](CO[Si](C)(C)C(C)(C)C)[C@H]3OC(C)(C)O[C@H]32)cc1. The van der Waals surface area contributed by atoms with Gasteiger partial charge in [0.25, 0.3) is 10.0 Å². The highest BCUT2D eigenvalue weighted by atomic mass is 32.2. The lowest BCUT2D eigenvalue weighted by molar-refractivity contribution is -0.190. The van der Waals surface area contributed by atoms with Crippen LogP contribution in [-0.2, 0) is 28.7 Å². The molecule has 216 valence electrons. The zero-order valence-electron chi connectivity index (χ0n) is 24.4. The molecule has 0 aliphatic carbocycles. The van der Waals surface area contributed by atoms with Crippen LogP contribution in [0.25, 0.3) is 11.0 Å². The third kappa shape index (κ3) is 5.70. The van der Waals surface area contributed by atoms with Crippen LogP contribution in [-0.4, -0.2) is 47.4 Å². The quantitative estimate of drug-likeness (QED) is 0.327. The Hall–Kier alpha value is -2.34. The summed E-state index contributed by atoms with van der Waals surface area (Å²) in [4.78, 5) is 0.0832. The van der Waals surface area contributed by atoms with Gasteiger partial charge in [0.05, 0.1) is 11.5 Å². The van der Waals surface area contributed by atoms with Gasteiger partial charge >= 0.3 is 0 Å². The molecule has 5 rings (SSSR count). The van der Waals surface area contributed by atoms with E-state index in [9.17, 15) is 8.42 Å². The lowest BCUT2D eigenvalue weighted by Gasteiger charge is -2.37. The van der Waals surface area contributed by atoms with Crippen molar-refractivity contribution < 1.29 is 31.5 Å². The number of nitrogens with zero attached hydrogens (tertiary/aromatic N) is 1. The van der Waals surface area contributed by atoms with Crippen LogP contribution in [0.1, 0.15) is 51.8 Å². The monoisotopic (exact) mass is 585 g/mol. The van der Waals surface area contributed by atoms with Crippen LogP contribution < -0.4 is 5.55 Å². The molecule has 0 saturated carbocycles. The average Bonchev–Trinajstić information content (AvgIpc) is 3.34. The molecular weight excluding hydrogens is 546 g/mol. The van der Waals surface area contributed by atoms with Crippen LogP contribution in [0, 0.1) is 6.92 Å². The number of para-hydroxylation sites is 1. The maximum atomic E-state index is 13.4. The summed E-state index contributed by atoms with van der Waals surface area (Å²) < 4.78 is 62.8. The molecule has 3 heterocycles. The smallest absolute Gasteiger partial charge is 0.285 e.